The van der Waals surface area contributed by atoms with Crippen LogP contribution < -0.4 is 10.6 Å². The second-order valence-electron chi connectivity index (χ2n) is 4.58. The van der Waals surface area contributed by atoms with Gasteiger partial charge in [0.15, 0.2) is 5.69 Å². The Kier molecular flexibility index (Phi) is 4.06. The third-order valence-electron chi connectivity index (χ3n) is 3.03. The van der Waals surface area contributed by atoms with Crippen molar-refractivity contribution in [3.63, 3.8) is 0 Å². The van der Waals surface area contributed by atoms with Gasteiger partial charge in [0, 0.05) is 33.0 Å². The number of nitrogens with one attached hydrogen (secondary N) is 2. The van der Waals surface area contributed by atoms with Crippen molar-refractivity contribution >= 4 is 17.5 Å². The molecule has 0 saturated carbocycles. The second kappa shape index (κ2) is 5.78. The Morgan fingerprint density at radius 2 is 1.95 bits per heavy atom. The highest BCUT2D eigenvalue weighted by Gasteiger charge is 2.19. The smallest absolute Gasteiger partial charge is 0.273 e. The van der Waals surface area contributed by atoms with Gasteiger partial charge in [0.1, 0.15) is 0 Å². The van der Waals surface area contributed by atoms with Gasteiger partial charge in [-0.2, -0.15) is 10.2 Å². The first kappa shape index (κ1) is 14.8. The number of aromatic nitrogens is 4. The number of hydrogen-bond acceptors (Lipinski definition) is 4. The Morgan fingerprint density at radius 3 is 2.48 bits per heavy atom. The number of carbonyl (C=O) groups is 2. The van der Waals surface area contributed by atoms with Crippen molar-refractivity contribution in [3.05, 3.63) is 29.3 Å². The van der Waals surface area contributed by atoms with Gasteiger partial charge in [0.25, 0.3) is 11.8 Å². The van der Waals surface area contributed by atoms with Crippen LogP contribution in [0.4, 0.5) is 5.69 Å². The van der Waals surface area contributed by atoms with Crippen LogP contribution in [0.25, 0.3) is 0 Å². The van der Waals surface area contributed by atoms with E-state index in [2.05, 4.69) is 20.8 Å². The lowest BCUT2D eigenvalue weighted by Gasteiger charge is -2.03. The fourth-order valence-electron chi connectivity index (χ4n) is 1.97. The van der Waals surface area contributed by atoms with Gasteiger partial charge in [-0.1, -0.05) is 0 Å². The summed E-state index contributed by atoms with van der Waals surface area (Å²) in [6.07, 6.45) is 3.27. The molecule has 0 unspecified atom stereocenters. The average molecular weight is 290 g/mol. The molecule has 21 heavy (non-hydrogen) atoms. The normalized spacial score (nSPS) is 10.5. The topological polar surface area (TPSA) is 93.8 Å². The molecule has 0 spiro atoms. The second-order valence-corrected chi connectivity index (χ2v) is 4.58. The van der Waals surface area contributed by atoms with Crippen LogP contribution in [0.3, 0.4) is 0 Å². The van der Waals surface area contributed by atoms with Crippen molar-refractivity contribution in [3.8, 4) is 0 Å². The molecule has 0 aromatic carbocycles. The van der Waals surface area contributed by atoms with Gasteiger partial charge in [-0.3, -0.25) is 19.0 Å². The Labute approximate surface area is 122 Å². The van der Waals surface area contributed by atoms with Crippen LogP contribution in [0.5, 0.6) is 0 Å². The summed E-state index contributed by atoms with van der Waals surface area (Å²) in [7, 11) is 3.26. The zero-order chi connectivity index (χ0) is 15.6. The number of rotatable bonds is 4. The summed E-state index contributed by atoms with van der Waals surface area (Å²) in [5.41, 5.74) is 1.66. The lowest BCUT2D eigenvalue weighted by atomic mass is 10.2. The fourth-order valence-corrected chi connectivity index (χ4v) is 1.97. The highest BCUT2D eigenvalue weighted by molar-refractivity contribution is 6.08. The zero-order valence-electron chi connectivity index (χ0n) is 12.5. The van der Waals surface area contributed by atoms with Crippen LogP contribution in [0.2, 0.25) is 0 Å². The van der Waals surface area contributed by atoms with Gasteiger partial charge in [-0.25, -0.2) is 0 Å². The number of hydrogen-bond donors (Lipinski definition) is 2. The van der Waals surface area contributed by atoms with Crippen molar-refractivity contribution in [2.45, 2.75) is 20.4 Å². The van der Waals surface area contributed by atoms with E-state index in [0.717, 1.165) is 0 Å². The van der Waals surface area contributed by atoms with E-state index in [1.807, 2.05) is 6.92 Å². The monoisotopic (exact) mass is 290 g/mol. The molecule has 0 aliphatic heterocycles. The summed E-state index contributed by atoms with van der Waals surface area (Å²) in [4.78, 5) is 24.1. The van der Waals surface area contributed by atoms with Crippen molar-refractivity contribution in [2.75, 3.05) is 12.4 Å². The number of carbonyl (C=O) groups excluding carboxylic acids is 2. The van der Waals surface area contributed by atoms with Gasteiger partial charge >= 0.3 is 0 Å². The summed E-state index contributed by atoms with van der Waals surface area (Å²) in [6.45, 7) is 4.26. The molecule has 2 amide bonds. The first-order chi connectivity index (χ1) is 9.96. The summed E-state index contributed by atoms with van der Waals surface area (Å²) in [5, 5.41) is 13.5. The van der Waals surface area contributed by atoms with Crippen molar-refractivity contribution in [1.82, 2.24) is 24.9 Å². The molecule has 0 fully saturated rings. The summed E-state index contributed by atoms with van der Waals surface area (Å²) < 4.78 is 3.16. The maximum absolute atomic E-state index is 12.3. The van der Waals surface area contributed by atoms with Crippen LogP contribution in [-0.4, -0.2) is 38.4 Å². The minimum absolute atomic E-state index is 0.189. The molecule has 2 N–H and O–H groups in total. The van der Waals surface area contributed by atoms with E-state index < -0.39 is 0 Å². The molecule has 2 aromatic rings. The third-order valence-corrected chi connectivity index (χ3v) is 3.03. The molecule has 0 radical (unpaired) electrons. The predicted molar refractivity (Wildman–Crippen MR) is 77.2 cm³/mol. The van der Waals surface area contributed by atoms with E-state index in [4.69, 9.17) is 0 Å². The van der Waals surface area contributed by atoms with Crippen molar-refractivity contribution in [2.24, 2.45) is 7.05 Å². The van der Waals surface area contributed by atoms with Gasteiger partial charge in [0.05, 0.1) is 16.9 Å². The molecule has 2 rings (SSSR count). The Hall–Kier alpha value is -2.64. The first-order valence-electron chi connectivity index (χ1n) is 6.57. The molecule has 8 nitrogen and oxygen atoms in total. The zero-order valence-corrected chi connectivity index (χ0v) is 12.5. The number of nitrogens with zero attached hydrogens (tertiary/aromatic N) is 4. The van der Waals surface area contributed by atoms with E-state index in [-0.39, 0.29) is 17.5 Å². The number of amides is 2. The highest BCUT2D eigenvalue weighted by atomic mass is 16.2. The average Bonchev–Trinajstić information content (AvgIpc) is 3.01. The lowest BCUT2D eigenvalue weighted by molar-refractivity contribution is 0.0958. The maximum atomic E-state index is 12.3. The largest absolute Gasteiger partial charge is 0.354 e. The molecular formula is C13H18N6O2. The third kappa shape index (κ3) is 2.93. The molecule has 8 heteroatoms. The van der Waals surface area contributed by atoms with Gasteiger partial charge in [-0.05, 0) is 13.8 Å². The number of anilines is 1. The summed E-state index contributed by atoms with van der Waals surface area (Å²) in [6, 6.07) is 0. The van der Waals surface area contributed by atoms with Crippen molar-refractivity contribution in [1.29, 1.82) is 0 Å². The molecule has 2 aromatic heterocycles. The minimum Gasteiger partial charge on any atom is -0.354 e. The molecule has 112 valence electrons. The first-order valence-corrected chi connectivity index (χ1v) is 6.57. The SMILES string of the molecule is CCn1cc(NC(=O)c2cn(C)nc2C)c(C(=O)NC)n1. The van der Waals surface area contributed by atoms with E-state index >= 15 is 0 Å². The molecule has 0 saturated heterocycles. The molecule has 2 heterocycles. The molecular weight excluding hydrogens is 272 g/mol. The molecule has 0 aliphatic rings. The van der Waals surface area contributed by atoms with E-state index in [1.54, 1.807) is 35.7 Å². The number of aryl methyl sites for hydroxylation is 3. The van der Waals surface area contributed by atoms with Crippen LogP contribution in [0.15, 0.2) is 12.4 Å². The fraction of sp³-hybridized carbons (Fsp3) is 0.385. The van der Waals surface area contributed by atoms with Gasteiger partial charge in [-0.15, -0.1) is 0 Å². The summed E-state index contributed by atoms with van der Waals surface area (Å²) in [5.74, 6) is -0.665. The van der Waals surface area contributed by atoms with Crippen LogP contribution in [-0.2, 0) is 13.6 Å². The predicted octanol–water partition coefficient (Wildman–Crippen LogP) is 0.557. The standard InChI is InChI=1S/C13H18N6O2/c1-5-19-7-10(11(17-19)13(21)14-3)15-12(20)9-6-18(4)16-8(9)2/h6-7H,5H2,1-4H3,(H,14,21)(H,15,20). The van der Waals surface area contributed by atoms with Gasteiger partial charge < -0.3 is 10.6 Å². The van der Waals surface area contributed by atoms with E-state index in [9.17, 15) is 9.59 Å². The molecule has 0 atom stereocenters. The highest BCUT2D eigenvalue weighted by Crippen LogP contribution is 2.16. The quantitative estimate of drug-likeness (QED) is 0.860. The minimum atomic E-state index is -0.347. The Bertz CT molecular complexity index is 685. The van der Waals surface area contributed by atoms with Crippen molar-refractivity contribution < 1.29 is 9.59 Å². The Morgan fingerprint density at radius 1 is 1.24 bits per heavy atom. The maximum Gasteiger partial charge on any atom is 0.273 e. The molecule has 0 bridgehead atoms. The van der Waals surface area contributed by atoms with Gasteiger partial charge in [0.2, 0.25) is 0 Å². The summed E-state index contributed by atoms with van der Waals surface area (Å²) >= 11 is 0. The Balaban J connectivity index is 2.30. The van der Waals surface area contributed by atoms with Crippen LogP contribution >= 0.6 is 0 Å². The van der Waals surface area contributed by atoms with Crippen LogP contribution in [0, 0.1) is 6.92 Å². The molecule has 0 aliphatic carbocycles. The lowest BCUT2D eigenvalue weighted by Crippen LogP contribution is -2.21. The van der Waals surface area contributed by atoms with Crippen LogP contribution in [0.1, 0.15) is 33.5 Å². The van der Waals surface area contributed by atoms with E-state index in [1.165, 1.54) is 7.05 Å². The van der Waals surface area contributed by atoms with E-state index in [0.29, 0.717) is 23.5 Å².